The quantitative estimate of drug-likeness (QED) is 0.584. The molecule has 0 saturated heterocycles. The van der Waals surface area contributed by atoms with Crippen LogP contribution in [0.2, 0.25) is 0 Å². The summed E-state index contributed by atoms with van der Waals surface area (Å²) in [5, 5.41) is 0. The average molecular weight is 272 g/mol. The highest BCUT2D eigenvalue weighted by Crippen LogP contribution is 2.26. The lowest BCUT2D eigenvalue weighted by molar-refractivity contribution is 1.22. The number of allylic oxidation sites excluding steroid dienone is 4. The van der Waals surface area contributed by atoms with Gasteiger partial charge in [-0.15, -0.1) is 0 Å². The van der Waals surface area contributed by atoms with E-state index in [4.69, 9.17) is 0 Å². The van der Waals surface area contributed by atoms with Gasteiger partial charge in [-0.2, -0.15) is 0 Å². The van der Waals surface area contributed by atoms with Crippen molar-refractivity contribution in [3.63, 3.8) is 0 Å². The van der Waals surface area contributed by atoms with Gasteiger partial charge in [-0.05, 0) is 31.4 Å². The minimum absolute atomic E-state index is 0.379. The highest BCUT2D eigenvalue weighted by molar-refractivity contribution is 6.95. The van der Waals surface area contributed by atoms with Crippen LogP contribution >= 0.6 is 0 Å². The first-order valence-electron chi connectivity index (χ1n) is 7.78. The Kier molecular flexibility index (Phi) is 3.83. The Morgan fingerprint density at radius 1 is 1.05 bits per heavy atom. The van der Waals surface area contributed by atoms with Gasteiger partial charge in [0.25, 0.3) is 0 Å². The summed E-state index contributed by atoms with van der Waals surface area (Å²) in [5.74, 6) is 0. The van der Waals surface area contributed by atoms with Crippen molar-refractivity contribution in [3.8, 4) is 11.1 Å². The van der Waals surface area contributed by atoms with Crippen LogP contribution in [0.5, 0.6) is 0 Å². The van der Waals surface area contributed by atoms with Crippen molar-refractivity contribution in [1.29, 1.82) is 0 Å². The number of fused-ring (bicyclic) bond motifs is 3. The van der Waals surface area contributed by atoms with Gasteiger partial charge in [-0.1, -0.05) is 89.6 Å². The summed E-state index contributed by atoms with van der Waals surface area (Å²) < 4.78 is 0. The Morgan fingerprint density at radius 3 is 2.57 bits per heavy atom. The lowest BCUT2D eigenvalue weighted by Gasteiger charge is -2.11. The molecule has 0 fully saturated rings. The van der Waals surface area contributed by atoms with Crippen molar-refractivity contribution < 1.29 is 0 Å². The lowest BCUT2D eigenvalue weighted by Crippen LogP contribution is -2.39. The molecule has 2 aromatic carbocycles. The van der Waals surface area contributed by atoms with E-state index in [0.717, 1.165) is 6.42 Å². The van der Waals surface area contributed by atoms with Crippen LogP contribution in [-0.2, 0) is 0 Å². The standard InChI is InChI=1S/C20H21B/c1-4-6-9-16(5-2)21-19-11-8-7-10-17(19)18-14-15(3)12-13-20(18)21/h5-14H,4H2,1-3H3/b9-6-,16-5+. The van der Waals surface area contributed by atoms with E-state index in [1.54, 1.807) is 0 Å². The molecule has 21 heavy (non-hydrogen) atoms. The fourth-order valence-corrected chi connectivity index (χ4v) is 3.29. The van der Waals surface area contributed by atoms with Crippen molar-refractivity contribution in [3.05, 3.63) is 71.7 Å². The van der Waals surface area contributed by atoms with Crippen LogP contribution in [0, 0.1) is 6.92 Å². The van der Waals surface area contributed by atoms with E-state index >= 15 is 0 Å². The Morgan fingerprint density at radius 2 is 1.81 bits per heavy atom. The molecule has 1 heterocycles. The summed E-state index contributed by atoms with van der Waals surface area (Å²) in [7, 11) is 0. The zero-order valence-corrected chi connectivity index (χ0v) is 13.1. The molecule has 1 heteroatoms. The fourth-order valence-electron chi connectivity index (χ4n) is 3.29. The third kappa shape index (κ3) is 2.38. The van der Waals surface area contributed by atoms with Gasteiger partial charge in [0.05, 0.1) is 0 Å². The highest BCUT2D eigenvalue weighted by atomic mass is 14.2. The van der Waals surface area contributed by atoms with Gasteiger partial charge in [0, 0.05) is 0 Å². The fraction of sp³-hybridized carbons (Fsp3) is 0.200. The smallest absolute Gasteiger partial charge is 0.0924 e. The van der Waals surface area contributed by atoms with Gasteiger partial charge in [0.2, 0.25) is 6.71 Å². The van der Waals surface area contributed by atoms with Crippen LogP contribution < -0.4 is 10.9 Å². The molecule has 0 atom stereocenters. The Balaban J connectivity index is 2.20. The predicted octanol–water partition coefficient (Wildman–Crippen LogP) is 4.04. The monoisotopic (exact) mass is 272 g/mol. The predicted molar refractivity (Wildman–Crippen MR) is 94.8 cm³/mol. The van der Waals surface area contributed by atoms with E-state index in [9.17, 15) is 0 Å². The van der Waals surface area contributed by atoms with Crippen molar-refractivity contribution in [2.45, 2.75) is 27.2 Å². The molecule has 0 amide bonds. The van der Waals surface area contributed by atoms with Crippen LogP contribution in [0.3, 0.4) is 0 Å². The molecule has 2 aromatic rings. The third-order valence-electron chi connectivity index (χ3n) is 4.29. The first kappa shape index (κ1) is 13.9. The molecule has 0 saturated carbocycles. The number of benzene rings is 2. The molecule has 1 aliphatic rings. The molecule has 104 valence electrons. The minimum atomic E-state index is 0.379. The number of hydrogen-bond acceptors (Lipinski definition) is 0. The summed E-state index contributed by atoms with van der Waals surface area (Å²) in [6.45, 7) is 6.88. The average Bonchev–Trinajstić information content (AvgIpc) is 2.83. The first-order chi connectivity index (χ1) is 10.3. The van der Waals surface area contributed by atoms with Crippen LogP contribution in [0.15, 0.2) is 66.2 Å². The number of aryl methyl sites for hydroxylation is 1. The van der Waals surface area contributed by atoms with Crippen molar-refractivity contribution in [2.75, 3.05) is 0 Å². The first-order valence-corrected chi connectivity index (χ1v) is 7.78. The molecule has 0 radical (unpaired) electrons. The van der Waals surface area contributed by atoms with Gasteiger partial charge < -0.3 is 0 Å². The summed E-state index contributed by atoms with van der Waals surface area (Å²) in [6, 6.07) is 15.7. The SMILES string of the molecule is C/C=C(\C=C/CC)B1c2ccccc2-c2cc(C)ccc21. The van der Waals surface area contributed by atoms with Crippen LogP contribution in [0.1, 0.15) is 25.8 Å². The van der Waals surface area contributed by atoms with Crippen LogP contribution in [0.25, 0.3) is 11.1 Å². The molecule has 3 rings (SSSR count). The van der Waals surface area contributed by atoms with E-state index in [0.29, 0.717) is 6.71 Å². The van der Waals surface area contributed by atoms with Crippen LogP contribution in [0.4, 0.5) is 0 Å². The molecule has 0 nitrogen and oxygen atoms in total. The second-order valence-electron chi connectivity index (χ2n) is 5.71. The van der Waals surface area contributed by atoms with Crippen molar-refractivity contribution >= 4 is 17.6 Å². The molecule has 1 aliphatic heterocycles. The normalized spacial score (nSPS) is 13.7. The van der Waals surface area contributed by atoms with E-state index < -0.39 is 0 Å². The van der Waals surface area contributed by atoms with Gasteiger partial charge in [-0.25, -0.2) is 0 Å². The second kappa shape index (κ2) is 5.77. The summed E-state index contributed by atoms with van der Waals surface area (Å²) in [5.41, 5.74) is 8.40. The number of hydrogen-bond donors (Lipinski definition) is 0. The van der Waals surface area contributed by atoms with E-state index in [2.05, 4.69) is 81.5 Å². The van der Waals surface area contributed by atoms with E-state index in [1.807, 2.05) is 0 Å². The van der Waals surface area contributed by atoms with Crippen molar-refractivity contribution in [2.24, 2.45) is 0 Å². The molecule has 0 N–H and O–H groups in total. The largest absolute Gasteiger partial charge is 0.242 e. The summed E-state index contributed by atoms with van der Waals surface area (Å²) >= 11 is 0. The molecule has 0 unspecified atom stereocenters. The molecule has 0 bridgehead atoms. The maximum atomic E-state index is 2.32. The molecule has 0 spiro atoms. The summed E-state index contributed by atoms with van der Waals surface area (Å²) in [4.78, 5) is 0. The minimum Gasteiger partial charge on any atom is -0.0924 e. The highest BCUT2D eigenvalue weighted by Gasteiger charge is 2.33. The molecular weight excluding hydrogens is 251 g/mol. The third-order valence-corrected chi connectivity index (χ3v) is 4.29. The molecular formula is C20H21B. The Hall–Kier alpha value is -2.02. The second-order valence-corrected chi connectivity index (χ2v) is 5.71. The van der Waals surface area contributed by atoms with E-state index in [-0.39, 0.29) is 0 Å². The summed E-state index contributed by atoms with van der Waals surface area (Å²) in [6.07, 6.45) is 7.87. The van der Waals surface area contributed by atoms with Gasteiger partial charge in [-0.3, -0.25) is 0 Å². The van der Waals surface area contributed by atoms with Gasteiger partial charge >= 0.3 is 0 Å². The Bertz CT molecular complexity index is 722. The van der Waals surface area contributed by atoms with Crippen LogP contribution in [-0.4, -0.2) is 6.71 Å². The topological polar surface area (TPSA) is 0 Å². The molecule has 0 aromatic heterocycles. The lowest BCUT2D eigenvalue weighted by atomic mass is 9.38. The van der Waals surface area contributed by atoms with E-state index in [1.165, 1.54) is 33.1 Å². The maximum absolute atomic E-state index is 2.32. The zero-order chi connectivity index (χ0) is 14.8. The Labute approximate surface area is 128 Å². The van der Waals surface area contributed by atoms with Gasteiger partial charge in [0.1, 0.15) is 0 Å². The van der Waals surface area contributed by atoms with Crippen molar-refractivity contribution in [1.82, 2.24) is 0 Å². The number of rotatable bonds is 3. The van der Waals surface area contributed by atoms with Gasteiger partial charge in [0.15, 0.2) is 0 Å². The maximum Gasteiger partial charge on any atom is 0.242 e. The zero-order valence-electron chi connectivity index (χ0n) is 13.1. The molecule has 0 aliphatic carbocycles.